The van der Waals surface area contributed by atoms with Gasteiger partial charge in [-0.1, -0.05) is 6.07 Å². The van der Waals surface area contributed by atoms with E-state index in [1.807, 2.05) is 36.4 Å². The number of aliphatic imine (C=N–C) groups is 1. The Morgan fingerprint density at radius 2 is 1.80 bits per heavy atom. The van der Waals surface area contributed by atoms with Gasteiger partial charge in [0, 0.05) is 24.7 Å². The van der Waals surface area contributed by atoms with E-state index in [0.29, 0.717) is 33.5 Å². The maximum absolute atomic E-state index is 12.9. The molecule has 0 radical (unpaired) electrons. The van der Waals surface area contributed by atoms with Gasteiger partial charge in [-0.05, 0) is 53.6 Å². The second-order valence-electron chi connectivity index (χ2n) is 6.57. The van der Waals surface area contributed by atoms with Crippen LogP contribution in [0.5, 0.6) is 11.5 Å². The van der Waals surface area contributed by atoms with Gasteiger partial charge in [0.1, 0.15) is 17.3 Å². The van der Waals surface area contributed by atoms with Gasteiger partial charge in [0.25, 0.3) is 10.8 Å². The number of thioether (sulfide) groups is 1. The van der Waals surface area contributed by atoms with Gasteiger partial charge in [-0.25, -0.2) is 4.99 Å². The lowest BCUT2D eigenvalue weighted by Gasteiger charge is -2.09. The highest BCUT2D eigenvalue weighted by Gasteiger charge is 2.24. The van der Waals surface area contributed by atoms with Crippen molar-refractivity contribution in [3.63, 3.8) is 0 Å². The smallest absolute Gasteiger partial charge is 0.289 e. The number of hydrogen-bond acceptors (Lipinski definition) is 6. The van der Waals surface area contributed by atoms with E-state index in [4.69, 9.17) is 9.47 Å². The topological polar surface area (TPSA) is 81.9 Å². The predicted octanol–water partition coefficient (Wildman–Crippen LogP) is 4.08. The van der Waals surface area contributed by atoms with E-state index in [1.165, 1.54) is 0 Å². The molecule has 1 saturated heterocycles. The SMILES string of the molecule is COc1cccc(N=C2NC(=O)S/C2=C\c2cc3ccc(OC)cc3n(C)c2=O)c1. The van der Waals surface area contributed by atoms with E-state index in [-0.39, 0.29) is 10.8 Å². The van der Waals surface area contributed by atoms with Crippen LogP contribution in [0.2, 0.25) is 0 Å². The molecule has 0 atom stereocenters. The van der Waals surface area contributed by atoms with Gasteiger partial charge in [0.2, 0.25) is 0 Å². The zero-order valence-electron chi connectivity index (χ0n) is 16.6. The minimum atomic E-state index is -0.245. The molecule has 2 heterocycles. The number of nitrogens with zero attached hydrogens (tertiary/aromatic N) is 2. The van der Waals surface area contributed by atoms with Gasteiger partial charge in [-0.2, -0.15) is 0 Å². The van der Waals surface area contributed by atoms with Gasteiger partial charge in [0.15, 0.2) is 0 Å². The fraction of sp³-hybridized carbons (Fsp3) is 0.136. The van der Waals surface area contributed by atoms with Gasteiger partial charge in [-0.15, -0.1) is 0 Å². The second-order valence-corrected chi connectivity index (χ2v) is 7.59. The predicted molar refractivity (Wildman–Crippen MR) is 120 cm³/mol. The van der Waals surface area contributed by atoms with Crippen LogP contribution in [0.3, 0.4) is 0 Å². The number of amidine groups is 1. The first-order chi connectivity index (χ1) is 14.5. The normalized spacial score (nSPS) is 16.3. The summed E-state index contributed by atoms with van der Waals surface area (Å²) in [5.41, 5.74) is 1.69. The van der Waals surface area contributed by atoms with Crippen LogP contribution in [0.25, 0.3) is 17.0 Å². The Hall–Kier alpha value is -3.52. The highest BCUT2D eigenvalue weighted by atomic mass is 32.2. The molecule has 8 heteroatoms. The number of amides is 1. The molecule has 30 heavy (non-hydrogen) atoms. The number of benzene rings is 2. The number of methoxy groups -OCH3 is 2. The summed E-state index contributed by atoms with van der Waals surface area (Å²) in [5, 5.41) is 3.38. The number of carbonyl (C=O) groups excluding carboxylic acids is 1. The Kier molecular flexibility index (Phi) is 5.33. The van der Waals surface area contributed by atoms with Crippen LogP contribution in [0, 0.1) is 0 Å². The number of aryl methyl sites for hydroxylation is 1. The fourth-order valence-corrected chi connectivity index (χ4v) is 3.89. The Bertz CT molecular complexity index is 1280. The van der Waals surface area contributed by atoms with Crippen LogP contribution in [0.4, 0.5) is 10.5 Å². The third-order valence-corrected chi connectivity index (χ3v) is 5.52. The van der Waals surface area contributed by atoms with Crippen LogP contribution in [-0.2, 0) is 7.05 Å². The standard InChI is InChI=1S/C22H19N3O4S/c1-25-18-12-17(29-3)8-7-13(18)9-14(21(25)26)10-19-20(24-22(27)30-19)23-15-5-4-6-16(11-15)28-2/h4-12H,1-3H3,(H,23,24,27)/b19-10-. The minimum Gasteiger partial charge on any atom is -0.497 e. The van der Waals surface area contributed by atoms with E-state index in [1.54, 1.807) is 44.0 Å². The Morgan fingerprint density at radius 3 is 2.57 bits per heavy atom. The highest BCUT2D eigenvalue weighted by molar-refractivity contribution is 8.18. The lowest BCUT2D eigenvalue weighted by molar-refractivity contribution is 0.265. The molecule has 7 nitrogen and oxygen atoms in total. The molecule has 152 valence electrons. The first-order valence-electron chi connectivity index (χ1n) is 9.10. The second kappa shape index (κ2) is 8.08. The van der Waals surface area contributed by atoms with Crippen molar-refractivity contribution in [2.24, 2.45) is 12.0 Å². The molecule has 0 saturated carbocycles. The number of ether oxygens (including phenoxy) is 2. The molecule has 1 aliphatic heterocycles. The molecule has 0 aliphatic carbocycles. The lowest BCUT2D eigenvalue weighted by Crippen LogP contribution is -2.21. The Labute approximate surface area is 177 Å². The third kappa shape index (κ3) is 3.81. The van der Waals surface area contributed by atoms with E-state index >= 15 is 0 Å². The fourth-order valence-electron chi connectivity index (χ4n) is 3.16. The molecule has 1 amide bonds. The lowest BCUT2D eigenvalue weighted by atomic mass is 10.1. The number of hydrogen-bond donors (Lipinski definition) is 1. The largest absolute Gasteiger partial charge is 0.497 e. The van der Waals surface area contributed by atoms with Crippen molar-refractivity contribution in [2.45, 2.75) is 0 Å². The molecule has 1 N–H and O–H groups in total. The summed E-state index contributed by atoms with van der Waals surface area (Å²) in [7, 11) is 4.88. The van der Waals surface area contributed by atoms with Crippen molar-refractivity contribution in [3.8, 4) is 11.5 Å². The quantitative estimate of drug-likeness (QED) is 0.686. The zero-order valence-corrected chi connectivity index (χ0v) is 17.4. The number of carbonyl (C=O) groups is 1. The number of nitrogens with one attached hydrogen (secondary N) is 1. The number of fused-ring (bicyclic) bond motifs is 1. The van der Waals surface area contributed by atoms with Crippen LogP contribution < -0.4 is 20.3 Å². The third-order valence-electron chi connectivity index (χ3n) is 4.70. The van der Waals surface area contributed by atoms with Gasteiger partial charge in [-0.3, -0.25) is 9.59 Å². The van der Waals surface area contributed by atoms with Gasteiger partial charge < -0.3 is 19.4 Å². The van der Waals surface area contributed by atoms with Crippen molar-refractivity contribution < 1.29 is 14.3 Å². The first-order valence-corrected chi connectivity index (χ1v) is 9.91. The average molecular weight is 421 g/mol. The number of rotatable bonds is 4. The minimum absolute atomic E-state index is 0.177. The molecule has 1 aliphatic rings. The summed E-state index contributed by atoms with van der Waals surface area (Å²) in [6.45, 7) is 0. The van der Waals surface area contributed by atoms with E-state index in [9.17, 15) is 9.59 Å². The van der Waals surface area contributed by atoms with Crippen molar-refractivity contribution in [2.75, 3.05) is 14.2 Å². The molecule has 1 fully saturated rings. The van der Waals surface area contributed by atoms with Crippen molar-refractivity contribution >= 4 is 45.5 Å². The Morgan fingerprint density at radius 1 is 1.03 bits per heavy atom. The molecule has 4 rings (SSSR count). The molecular formula is C22H19N3O4S. The Balaban J connectivity index is 1.80. The van der Waals surface area contributed by atoms with Crippen molar-refractivity contribution in [3.05, 3.63) is 69.4 Å². The van der Waals surface area contributed by atoms with E-state index < -0.39 is 0 Å². The monoisotopic (exact) mass is 421 g/mol. The summed E-state index contributed by atoms with van der Waals surface area (Å²) in [6, 6.07) is 14.6. The van der Waals surface area contributed by atoms with E-state index in [2.05, 4.69) is 10.3 Å². The number of pyridine rings is 1. The molecule has 0 unspecified atom stereocenters. The van der Waals surface area contributed by atoms with Crippen molar-refractivity contribution in [1.82, 2.24) is 9.88 Å². The molecule has 1 aromatic heterocycles. The van der Waals surface area contributed by atoms with Crippen LogP contribution in [0.15, 0.2) is 63.2 Å². The zero-order chi connectivity index (χ0) is 21.3. The van der Waals surface area contributed by atoms with Crippen LogP contribution >= 0.6 is 11.8 Å². The van der Waals surface area contributed by atoms with Crippen LogP contribution in [0.1, 0.15) is 5.56 Å². The van der Waals surface area contributed by atoms with Gasteiger partial charge in [0.05, 0.1) is 30.3 Å². The molecular weight excluding hydrogens is 402 g/mol. The maximum Gasteiger partial charge on any atom is 0.289 e. The highest BCUT2D eigenvalue weighted by Crippen LogP contribution is 2.29. The molecule has 2 aromatic carbocycles. The summed E-state index contributed by atoms with van der Waals surface area (Å²) < 4.78 is 12.0. The molecule has 3 aromatic rings. The summed E-state index contributed by atoms with van der Waals surface area (Å²) in [4.78, 5) is 30.0. The summed E-state index contributed by atoms with van der Waals surface area (Å²) in [6.07, 6.45) is 1.69. The van der Waals surface area contributed by atoms with Crippen molar-refractivity contribution in [1.29, 1.82) is 0 Å². The average Bonchev–Trinajstić information content (AvgIpc) is 3.10. The summed E-state index contributed by atoms with van der Waals surface area (Å²) in [5.74, 6) is 1.74. The maximum atomic E-state index is 12.9. The van der Waals surface area contributed by atoms with Gasteiger partial charge >= 0.3 is 0 Å². The summed E-state index contributed by atoms with van der Waals surface area (Å²) >= 11 is 1.00. The molecule has 0 spiro atoms. The van der Waals surface area contributed by atoms with E-state index in [0.717, 1.165) is 22.7 Å². The molecule has 0 bridgehead atoms. The van der Waals surface area contributed by atoms with Crippen LogP contribution in [-0.4, -0.2) is 29.9 Å². The first kappa shape index (κ1) is 19.8. The number of aromatic nitrogens is 1.